The Kier molecular flexibility index (Phi) is 16.2. The number of thiazole rings is 1. The number of rotatable bonds is 19. The van der Waals surface area contributed by atoms with Crippen LogP contribution in [0.1, 0.15) is 104 Å². The van der Waals surface area contributed by atoms with Crippen molar-refractivity contribution >= 4 is 33.8 Å². The van der Waals surface area contributed by atoms with Gasteiger partial charge in [0, 0.05) is 24.3 Å². The Labute approximate surface area is 270 Å². The van der Waals surface area contributed by atoms with Gasteiger partial charge in [0.25, 0.3) is 0 Å². The molecule has 0 aliphatic carbocycles. The highest BCUT2D eigenvalue weighted by Crippen LogP contribution is 2.39. The van der Waals surface area contributed by atoms with Crippen molar-refractivity contribution in [2.75, 3.05) is 7.11 Å². The lowest BCUT2D eigenvalue weighted by Gasteiger charge is -2.41. The summed E-state index contributed by atoms with van der Waals surface area (Å²) in [5.74, 6) is 0.315. The van der Waals surface area contributed by atoms with Crippen LogP contribution in [0.4, 0.5) is 0 Å². The van der Waals surface area contributed by atoms with Gasteiger partial charge in [-0.3, -0.25) is 4.79 Å². The van der Waals surface area contributed by atoms with Gasteiger partial charge in [0.15, 0.2) is 22.4 Å². The highest BCUT2D eigenvalue weighted by molar-refractivity contribution is 7.10. The first-order valence-electron chi connectivity index (χ1n) is 16.3. The lowest BCUT2D eigenvalue weighted by atomic mass is 9.92. The summed E-state index contributed by atoms with van der Waals surface area (Å²) in [5.41, 5.74) is 1.61. The second-order valence-corrected chi connectivity index (χ2v) is 24.5. The molecule has 0 spiro atoms. The molecule has 0 saturated heterocycles. The largest absolute Gasteiger partial charge is 0.410 e. The zero-order valence-electron chi connectivity index (χ0n) is 29.9. The van der Waals surface area contributed by atoms with Crippen LogP contribution in [0.25, 0.3) is 0 Å². The minimum absolute atomic E-state index is 0.0317. The van der Waals surface area contributed by atoms with E-state index < -0.39 is 16.6 Å². The predicted molar refractivity (Wildman–Crippen MR) is 191 cm³/mol. The van der Waals surface area contributed by atoms with Crippen molar-refractivity contribution < 1.29 is 18.4 Å². The van der Waals surface area contributed by atoms with Crippen LogP contribution in [-0.2, 0) is 13.6 Å². The fraction of sp³-hybridized carbons (Fsp3) is 0.714. The van der Waals surface area contributed by atoms with E-state index in [1.165, 1.54) is 0 Å². The van der Waals surface area contributed by atoms with E-state index in [0.29, 0.717) is 11.6 Å². The summed E-state index contributed by atoms with van der Waals surface area (Å²) in [5, 5.41) is 2.96. The molecule has 8 heteroatoms. The number of allylic oxidation sites excluding steroid dienone is 3. The maximum absolute atomic E-state index is 13.4. The minimum atomic E-state index is -1.97. The molecule has 1 aromatic rings. The molecule has 0 fully saturated rings. The zero-order chi connectivity index (χ0) is 33.2. The summed E-state index contributed by atoms with van der Waals surface area (Å²) in [6.07, 6.45) is 8.51. The van der Waals surface area contributed by atoms with Gasteiger partial charge in [-0.25, -0.2) is 4.98 Å². The van der Waals surface area contributed by atoms with Gasteiger partial charge in [0.05, 0.1) is 18.3 Å². The molecule has 5 atom stereocenters. The van der Waals surface area contributed by atoms with E-state index in [1.54, 1.807) is 18.4 Å². The van der Waals surface area contributed by atoms with Gasteiger partial charge >= 0.3 is 0 Å². The van der Waals surface area contributed by atoms with Gasteiger partial charge < -0.3 is 13.6 Å². The molecule has 0 radical (unpaired) electrons. The predicted octanol–water partition coefficient (Wildman–Crippen LogP) is 10.8. The van der Waals surface area contributed by atoms with Crippen molar-refractivity contribution in [3.05, 3.63) is 52.5 Å². The zero-order valence-corrected chi connectivity index (χ0v) is 32.7. The van der Waals surface area contributed by atoms with Crippen LogP contribution < -0.4 is 0 Å². The second kappa shape index (κ2) is 17.5. The van der Waals surface area contributed by atoms with Crippen molar-refractivity contribution in [2.24, 2.45) is 17.8 Å². The number of ketones is 1. The van der Waals surface area contributed by atoms with E-state index >= 15 is 0 Å². The van der Waals surface area contributed by atoms with Crippen molar-refractivity contribution in [2.45, 2.75) is 137 Å². The van der Waals surface area contributed by atoms with Crippen LogP contribution in [-0.4, -0.2) is 46.7 Å². The summed E-state index contributed by atoms with van der Waals surface area (Å²) in [7, 11) is -2.04. The molecule has 1 heterocycles. The van der Waals surface area contributed by atoms with Crippen molar-refractivity contribution in [3.8, 4) is 0 Å². The number of Topliss-reactive ketones (excluding diaryl/α,β-unsaturated/α-hetero) is 1. The van der Waals surface area contributed by atoms with Crippen LogP contribution in [0.15, 0.2) is 41.8 Å². The highest BCUT2D eigenvalue weighted by Gasteiger charge is 2.41. The summed E-state index contributed by atoms with van der Waals surface area (Å²) in [4.78, 5) is 18.2. The average Bonchev–Trinajstić information content (AvgIpc) is 3.43. The third-order valence-electron chi connectivity index (χ3n) is 9.40. The van der Waals surface area contributed by atoms with Gasteiger partial charge in [-0.1, -0.05) is 93.5 Å². The first kappa shape index (κ1) is 39.9. The fourth-order valence-corrected chi connectivity index (χ4v) is 10.2. The van der Waals surface area contributed by atoms with Crippen LogP contribution in [0, 0.1) is 17.8 Å². The van der Waals surface area contributed by atoms with Crippen molar-refractivity contribution in [1.29, 1.82) is 0 Å². The summed E-state index contributed by atoms with van der Waals surface area (Å²) in [6.45, 7) is 32.7. The Morgan fingerprint density at radius 3 is 2.12 bits per heavy atom. The number of hydrogen-bond acceptors (Lipinski definition) is 6. The molecule has 0 bridgehead atoms. The van der Waals surface area contributed by atoms with E-state index in [-0.39, 0.29) is 41.0 Å². The Bertz CT molecular complexity index is 1060. The molecular formula is C35H63NO4SSi2. The Morgan fingerprint density at radius 1 is 1.07 bits per heavy atom. The number of carbonyl (C=O) groups is 1. The SMILES string of the molecule is C=C[C@@H](O[Si](C)(C)C(C)(C)C)[C@H](C)[C@H](OC)/C(C)=C/C=C/[C@H](C)C(=O)c1csc([C@H](CC(C)C)O[Si](CC)(CC)CC)n1. The smallest absolute Gasteiger partial charge is 0.193 e. The molecule has 246 valence electrons. The topological polar surface area (TPSA) is 57.7 Å². The van der Waals surface area contributed by atoms with Crippen molar-refractivity contribution in [3.63, 3.8) is 0 Å². The monoisotopic (exact) mass is 649 g/mol. The number of methoxy groups -OCH3 is 1. The molecule has 5 nitrogen and oxygen atoms in total. The van der Waals surface area contributed by atoms with Gasteiger partial charge in [0.1, 0.15) is 10.7 Å². The fourth-order valence-electron chi connectivity index (χ4n) is 5.14. The Balaban J connectivity index is 3.07. The van der Waals surface area contributed by atoms with Crippen LogP contribution in [0.2, 0.25) is 36.3 Å². The molecule has 1 rings (SSSR count). The van der Waals surface area contributed by atoms with E-state index in [0.717, 1.165) is 35.1 Å². The van der Waals surface area contributed by atoms with Crippen LogP contribution in [0.5, 0.6) is 0 Å². The standard InChI is InChI=1S/C35H63NO4SSi2/c1-16-30(39-42(14,15)35(10,11)12)28(9)33(38-13)27(8)22-20-21-26(7)32(37)29-24-41-34(36-29)31(23-25(5)6)40-43(17-2,18-3)19-4/h16,20-22,24-26,28,30-31,33H,1,17-19,23H2,2-15H3/b21-20+,27-22+/t26-,28-,30+,31-,33+/m0/s1. The molecule has 0 unspecified atom stereocenters. The molecule has 0 aromatic carbocycles. The molecular weight excluding hydrogens is 587 g/mol. The molecule has 0 saturated carbocycles. The Hall–Kier alpha value is -1.17. The minimum Gasteiger partial charge on any atom is -0.410 e. The molecule has 1 aromatic heterocycles. The van der Waals surface area contributed by atoms with E-state index in [2.05, 4.69) is 88.9 Å². The molecule has 0 amide bonds. The number of hydrogen-bond donors (Lipinski definition) is 0. The number of ether oxygens (including phenoxy) is 1. The first-order valence-corrected chi connectivity index (χ1v) is 22.6. The van der Waals surface area contributed by atoms with Crippen LogP contribution >= 0.6 is 11.3 Å². The maximum Gasteiger partial charge on any atom is 0.193 e. The third-order valence-corrected chi connectivity index (χ3v) is 19.5. The lowest BCUT2D eigenvalue weighted by molar-refractivity contribution is 0.0374. The maximum atomic E-state index is 13.4. The van der Waals surface area contributed by atoms with Gasteiger partial charge in [-0.2, -0.15) is 0 Å². The summed E-state index contributed by atoms with van der Waals surface area (Å²) >= 11 is 1.56. The number of aromatic nitrogens is 1. The molecule has 43 heavy (non-hydrogen) atoms. The highest BCUT2D eigenvalue weighted by atomic mass is 32.1. The summed E-state index contributed by atoms with van der Waals surface area (Å²) in [6, 6.07) is 3.30. The van der Waals surface area contributed by atoms with E-state index in [9.17, 15) is 4.79 Å². The van der Waals surface area contributed by atoms with E-state index in [1.807, 2.05) is 36.6 Å². The quantitative estimate of drug-likeness (QED) is 0.0646. The Morgan fingerprint density at radius 2 is 1.65 bits per heavy atom. The third kappa shape index (κ3) is 11.3. The van der Waals surface area contributed by atoms with Gasteiger partial charge in [-0.05, 0) is 61.1 Å². The average molecular weight is 650 g/mol. The van der Waals surface area contributed by atoms with E-state index in [4.69, 9.17) is 18.6 Å². The normalized spacial score (nSPS) is 17.2. The second-order valence-electron chi connectivity index (χ2n) is 14.1. The molecule has 0 N–H and O–H groups in total. The lowest BCUT2D eigenvalue weighted by Crippen LogP contribution is -2.46. The first-order chi connectivity index (χ1) is 19.9. The van der Waals surface area contributed by atoms with Crippen LogP contribution in [0.3, 0.4) is 0 Å². The van der Waals surface area contributed by atoms with Gasteiger partial charge in [-0.15, -0.1) is 17.9 Å². The van der Waals surface area contributed by atoms with Crippen molar-refractivity contribution in [1.82, 2.24) is 4.98 Å². The molecule has 0 aliphatic heterocycles. The number of nitrogens with zero attached hydrogens (tertiary/aromatic N) is 1. The van der Waals surface area contributed by atoms with Gasteiger partial charge in [0.2, 0.25) is 0 Å². The summed E-state index contributed by atoms with van der Waals surface area (Å²) < 4.78 is 19.5. The number of carbonyl (C=O) groups excluding carboxylic acids is 1. The molecule has 0 aliphatic rings.